The van der Waals surface area contributed by atoms with Crippen molar-refractivity contribution in [3.63, 3.8) is 0 Å². The first-order valence-corrected chi connectivity index (χ1v) is 17.7. The molecule has 3 saturated carbocycles. The van der Waals surface area contributed by atoms with Gasteiger partial charge in [-0.15, -0.1) is 0 Å². The molecule has 4 aliphatic carbocycles. The third-order valence-corrected chi connectivity index (χ3v) is 13.6. The van der Waals surface area contributed by atoms with Crippen LogP contribution in [-0.2, 0) is 42.9 Å². The Morgan fingerprint density at radius 1 is 0.830 bits per heavy atom. The minimum atomic E-state index is -0.607. The quantitative estimate of drug-likeness (QED) is 0.119. The van der Waals surface area contributed by atoms with E-state index in [0.717, 1.165) is 25.7 Å². The van der Waals surface area contributed by atoms with Crippen LogP contribution in [0.2, 0.25) is 0 Å². The van der Waals surface area contributed by atoms with Crippen LogP contribution >= 0.6 is 0 Å². The average molecular weight is 659 g/mol. The van der Waals surface area contributed by atoms with Gasteiger partial charge in [0.25, 0.3) is 0 Å². The Morgan fingerprint density at radius 3 is 1.94 bits per heavy atom. The van der Waals surface area contributed by atoms with Crippen LogP contribution in [0.15, 0.2) is 11.1 Å². The minimum Gasteiger partial charge on any atom is -0.462 e. The number of carbonyl (C=O) groups excluding carboxylic acids is 4. The lowest BCUT2D eigenvalue weighted by atomic mass is 9.35. The minimum absolute atomic E-state index is 0.00822. The van der Waals surface area contributed by atoms with Crippen LogP contribution in [0.3, 0.4) is 0 Å². The SMILES string of the molecule is CC(=O)O[C@@H](C[C@@H](C)C1=C2C[C@H](OC(C)=O)[C@H]3[C@@]4(C)C[C@@H](OC(C)=O)[C@@H](OC(C)=O)C(C)(C)[C@@H]4CC[C@]3(C)[C@@]2(C)CC1)[C@H]1OC1(C)C. The summed E-state index contributed by atoms with van der Waals surface area (Å²) < 4.78 is 30.0. The van der Waals surface area contributed by atoms with E-state index in [1.165, 1.54) is 38.8 Å². The van der Waals surface area contributed by atoms with Crippen LogP contribution < -0.4 is 0 Å². The van der Waals surface area contributed by atoms with Crippen LogP contribution in [0, 0.1) is 39.4 Å². The number of fused-ring (bicyclic) bond motifs is 5. The molecule has 1 aliphatic heterocycles. The van der Waals surface area contributed by atoms with Crippen LogP contribution in [0.25, 0.3) is 0 Å². The van der Waals surface area contributed by atoms with Crippen molar-refractivity contribution in [1.82, 2.24) is 0 Å². The van der Waals surface area contributed by atoms with Crippen molar-refractivity contribution in [2.24, 2.45) is 39.4 Å². The molecule has 0 spiro atoms. The van der Waals surface area contributed by atoms with Crippen molar-refractivity contribution in [2.45, 2.75) is 164 Å². The molecular weight excluding hydrogens is 600 g/mol. The molecule has 9 nitrogen and oxygen atoms in total. The summed E-state index contributed by atoms with van der Waals surface area (Å²) >= 11 is 0. The van der Waals surface area contributed by atoms with Crippen molar-refractivity contribution in [1.29, 1.82) is 0 Å². The molecule has 0 bridgehead atoms. The second-order valence-electron chi connectivity index (χ2n) is 17.3. The number of esters is 4. The molecule has 4 fully saturated rings. The summed E-state index contributed by atoms with van der Waals surface area (Å²) in [6.45, 7) is 23.4. The highest BCUT2D eigenvalue weighted by Gasteiger charge is 2.72. The summed E-state index contributed by atoms with van der Waals surface area (Å²) in [5.74, 6) is -1.09. The summed E-state index contributed by atoms with van der Waals surface area (Å²) in [7, 11) is 0. The maximum Gasteiger partial charge on any atom is 0.303 e. The van der Waals surface area contributed by atoms with E-state index in [0.29, 0.717) is 19.3 Å². The maximum absolute atomic E-state index is 12.8. The third kappa shape index (κ3) is 5.94. The van der Waals surface area contributed by atoms with E-state index in [9.17, 15) is 19.2 Å². The molecule has 1 saturated heterocycles. The third-order valence-electron chi connectivity index (χ3n) is 13.6. The van der Waals surface area contributed by atoms with Gasteiger partial charge in [-0.2, -0.15) is 0 Å². The van der Waals surface area contributed by atoms with Crippen LogP contribution in [0.5, 0.6) is 0 Å². The average Bonchev–Trinajstić information content (AvgIpc) is 3.40. The molecule has 264 valence electrons. The highest BCUT2D eigenvalue weighted by atomic mass is 16.6. The van der Waals surface area contributed by atoms with Gasteiger partial charge < -0.3 is 23.7 Å². The summed E-state index contributed by atoms with van der Waals surface area (Å²) in [5.41, 5.74) is 1.27. The molecule has 9 heteroatoms. The van der Waals surface area contributed by atoms with Gasteiger partial charge >= 0.3 is 23.9 Å². The molecule has 0 N–H and O–H groups in total. The first-order chi connectivity index (χ1) is 21.6. The maximum atomic E-state index is 12.8. The normalized spacial score (nSPS) is 40.9. The van der Waals surface area contributed by atoms with Crippen molar-refractivity contribution in [2.75, 3.05) is 0 Å². The second kappa shape index (κ2) is 11.9. The Hall–Kier alpha value is -2.42. The monoisotopic (exact) mass is 658 g/mol. The Morgan fingerprint density at radius 2 is 1.40 bits per heavy atom. The van der Waals surface area contributed by atoms with Gasteiger partial charge in [0.1, 0.15) is 30.5 Å². The lowest BCUT2D eigenvalue weighted by Gasteiger charge is -2.70. The molecule has 5 aliphatic rings. The summed E-state index contributed by atoms with van der Waals surface area (Å²) in [6.07, 6.45) is 3.66. The number of ether oxygens (including phenoxy) is 5. The largest absolute Gasteiger partial charge is 0.462 e. The molecule has 0 aromatic carbocycles. The fraction of sp³-hybridized carbons (Fsp3) is 0.842. The van der Waals surface area contributed by atoms with Gasteiger partial charge in [-0.1, -0.05) is 52.7 Å². The summed E-state index contributed by atoms with van der Waals surface area (Å²) in [4.78, 5) is 49.6. The van der Waals surface area contributed by atoms with Gasteiger partial charge in [0.15, 0.2) is 0 Å². The zero-order valence-electron chi connectivity index (χ0n) is 30.7. The molecule has 0 radical (unpaired) electrons. The fourth-order valence-corrected chi connectivity index (χ4v) is 11.7. The number of epoxide rings is 1. The molecule has 47 heavy (non-hydrogen) atoms. The van der Waals surface area contributed by atoms with Gasteiger partial charge in [-0.3, -0.25) is 19.2 Å². The molecular formula is C38H58O9. The second-order valence-corrected chi connectivity index (χ2v) is 17.3. The van der Waals surface area contributed by atoms with E-state index >= 15 is 0 Å². The standard InChI is InChI=1S/C38H58O9/c1-20(17-28(44-22(3)40)33-35(8,9)47-33)25-13-15-37(11)26(25)18-27(43-21(2)39)31-36(10)19-29(45-23(4)41)32(46-24(5)42)34(6,7)30(36)14-16-38(31,37)12/h20,27-33H,13-19H2,1-12H3/t20-,27+,28+,29-,30+,31+,32-,33-,36+,37+,38+/m1/s1. The van der Waals surface area contributed by atoms with E-state index < -0.39 is 23.6 Å². The summed E-state index contributed by atoms with van der Waals surface area (Å²) in [5, 5.41) is 0. The van der Waals surface area contributed by atoms with E-state index in [4.69, 9.17) is 23.7 Å². The van der Waals surface area contributed by atoms with Crippen LogP contribution in [-0.4, -0.2) is 60.0 Å². The first kappa shape index (κ1) is 35.9. The van der Waals surface area contributed by atoms with Crippen molar-refractivity contribution < 1.29 is 42.9 Å². The molecule has 1 heterocycles. The highest BCUT2D eigenvalue weighted by molar-refractivity contribution is 5.68. The number of allylic oxidation sites excluding steroid dienone is 1. The smallest absolute Gasteiger partial charge is 0.303 e. The van der Waals surface area contributed by atoms with Gasteiger partial charge in [0.2, 0.25) is 0 Å². The van der Waals surface area contributed by atoms with Crippen molar-refractivity contribution >= 4 is 23.9 Å². The predicted octanol–water partition coefficient (Wildman–Crippen LogP) is 6.89. The molecule has 0 aromatic heterocycles. The number of hydrogen-bond donors (Lipinski definition) is 0. The van der Waals surface area contributed by atoms with E-state index in [1.54, 1.807) is 0 Å². The Bertz CT molecular complexity index is 1350. The lowest BCUT2D eigenvalue weighted by Crippen LogP contribution is -2.69. The zero-order valence-corrected chi connectivity index (χ0v) is 30.7. The molecule has 0 amide bonds. The topological polar surface area (TPSA) is 118 Å². The van der Waals surface area contributed by atoms with E-state index in [-0.39, 0.29) is 75.8 Å². The lowest BCUT2D eigenvalue weighted by molar-refractivity contribution is -0.261. The zero-order chi connectivity index (χ0) is 35.1. The molecule has 0 unspecified atom stereocenters. The molecule has 0 aromatic rings. The Kier molecular flexibility index (Phi) is 9.06. The predicted molar refractivity (Wildman–Crippen MR) is 175 cm³/mol. The Balaban J connectivity index is 1.56. The van der Waals surface area contributed by atoms with Gasteiger partial charge in [-0.05, 0) is 80.5 Å². The van der Waals surface area contributed by atoms with E-state index in [1.807, 2.05) is 13.8 Å². The number of hydrogen-bond acceptors (Lipinski definition) is 9. The first-order valence-electron chi connectivity index (χ1n) is 17.7. The van der Waals surface area contributed by atoms with Gasteiger partial charge in [0.05, 0.1) is 5.60 Å². The molecule has 5 rings (SSSR count). The van der Waals surface area contributed by atoms with E-state index in [2.05, 4.69) is 41.5 Å². The number of rotatable bonds is 8. The van der Waals surface area contributed by atoms with Crippen molar-refractivity contribution in [3.05, 3.63) is 11.1 Å². The van der Waals surface area contributed by atoms with Crippen LogP contribution in [0.1, 0.15) is 128 Å². The summed E-state index contributed by atoms with van der Waals surface area (Å²) in [6, 6.07) is 0. The molecule has 11 atom stereocenters. The highest BCUT2D eigenvalue weighted by Crippen LogP contribution is 2.75. The number of carbonyl (C=O) groups is 4. The van der Waals surface area contributed by atoms with Crippen LogP contribution in [0.4, 0.5) is 0 Å². The fourth-order valence-electron chi connectivity index (χ4n) is 11.7. The van der Waals surface area contributed by atoms with Gasteiger partial charge in [-0.25, -0.2) is 0 Å². The Labute approximate surface area is 281 Å². The van der Waals surface area contributed by atoms with Gasteiger partial charge in [0, 0.05) is 45.4 Å². The van der Waals surface area contributed by atoms with Crippen molar-refractivity contribution in [3.8, 4) is 0 Å².